The lowest BCUT2D eigenvalue weighted by Gasteiger charge is -2.35. The van der Waals surface area contributed by atoms with Gasteiger partial charge < -0.3 is 19.7 Å². The summed E-state index contributed by atoms with van der Waals surface area (Å²) < 4.78 is 26.4. The lowest BCUT2D eigenvalue weighted by Crippen LogP contribution is -2.57. The monoisotopic (exact) mass is 374 g/mol. The van der Waals surface area contributed by atoms with E-state index in [2.05, 4.69) is 0 Å². The van der Waals surface area contributed by atoms with Crippen LogP contribution in [0.1, 0.15) is 45.8 Å². The number of carbonyl (C=O) groups is 1. The van der Waals surface area contributed by atoms with E-state index in [1.54, 1.807) is 0 Å². The van der Waals surface area contributed by atoms with Crippen molar-refractivity contribution in [1.29, 1.82) is 0 Å². The van der Waals surface area contributed by atoms with E-state index in [1.165, 1.54) is 0 Å². The van der Waals surface area contributed by atoms with Gasteiger partial charge in [0.2, 0.25) is 5.67 Å². The molecule has 1 saturated heterocycles. The smallest absolute Gasteiger partial charge is 0.330 e. The largest absolute Gasteiger partial charge is 0.426 e. The van der Waals surface area contributed by atoms with Gasteiger partial charge in [-0.15, -0.1) is 0 Å². The summed E-state index contributed by atoms with van der Waals surface area (Å²) in [5.74, 6) is -3.65. The van der Waals surface area contributed by atoms with Gasteiger partial charge in [-0.3, -0.25) is 19.1 Å². The molecule has 4 atom stereocenters. The Morgan fingerprint density at radius 1 is 1.46 bits per heavy atom. The summed E-state index contributed by atoms with van der Waals surface area (Å²) in [6.45, 7) is 1.98. The summed E-state index contributed by atoms with van der Waals surface area (Å²) in [7, 11) is 0. The lowest BCUT2D eigenvalue weighted by atomic mass is 9.93. The summed E-state index contributed by atoms with van der Waals surface area (Å²) in [4.78, 5) is 37.0. The van der Waals surface area contributed by atoms with Gasteiger partial charge in [0.25, 0.3) is 11.3 Å². The first-order chi connectivity index (χ1) is 12.2. The molecule has 9 nitrogen and oxygen atoms in total. The molecule has 26 heavy (non-hydrogen) atoms. The Kier molecular flexibility index (Phi) is 5.99. The molecule has 1 aromatic rings. The van der Waals surface area contributed by atoms with Gasteiger partial charge in [0.1, 0.15) is 0 Å². The van der Waals surface area contributed by atoms with E-state index in [-0.39, 0.29) is 6.42 Å². The van der Waals surface area contributed by atoms with Gasteiger partial charge >= 0.3 is 11.7 Å². The number of ether oxygens (including phenoxy) is 2. The number of carbonyl (C=O) groups excluding carboxylic acids is 1. The molecule has 1 aliphatic heterocycles. The predicted octanol–water partition coefficient (Wildman–Crippen LogP) is -0.0334. The Bertz CT molecular complexity index is 759. The first-order valence-corrected chi connectivity index (χ1v) is 8.38. The fraction of sp³-hybridized carbons (Fsp3) is 0.688. The zero-order valence-electron chi connectivity index (χ0n) is 14.6. The van der Waals surface area contributed by atoms with Crippen LogP contribution in [0.2, 0.25) is 0 Å². The van der Waals surface area contributed by atoms with Crippen molar-refractivity contribution in [3.05, 3.63) is 33.1 Å². The molecule has 0 radical (unpaired) electrons. The number of rotatable bonds is 7. The highest BCUT2D eigenvalue weighted by Crippen LogP contribution is 2.48. The van der Waals surface area contributed by atoms with E-state index in [1.807, 2.05) is 11.9 Å². The van der Waals surface area contributed by atoms with Gasteiger partial charge in [0.15, 0.2) is 12.3 Å². The van der Waals surface area contributed by atoms with Gasteiger partial charge in [-0.05, 0) is 13.3 Å². The molecule has 0 aliphatic carbocycles. The van der Waals surface area contributed by atoms with Crippen molar-refractivity contribution in [1.82, 2.24) is 9.55 Å². The fourth-order valence-corrected chi connectivity index (χ4v) is 2.88. The Hall–Kier alpha value is -2.04. The van der Waals surface area contributed by atoms with Crippen LogP contribution in [-0.4, -0.2) is 49.9 Å². The normalized spacial score (nSPS) is 31.1. The Labute approximate surface area is 148 Å². The molecule has 1 aromatic heterocycles. The number of alkyl halides is 1. The molecule has 0 unspecified atom stereocenters. The van der Waals surface area contributed by atoms with E-state index in [0.717, 1.165) is 32.0 Å². The number of unbranched alkanes of at least 4 members (excludes halogenated alkanes) is 2. The summed E-state index contributed by atoms with van der Waals surface area (Å²) in [5.41, 5.74) is -4.44. The third-order valence-electron chi connectivity index (χ3n) is 4.42. The Morgan fingerprint density at radius 3 is 2.73 bits per heavy atom. The van der Waals surface area contributed by atoms with Crippen LogP contribution in [0.3, 0.4) is 0 Å². The molecule has 1 aliphatic rings. The Morgan fingerprint density at radius 2 is 2.15 bits per heavy atom. The van der Waals surface area contributed by atoms with Crippen molar-refractivity contribution in [2.24, 2.45) is 0 Å². The zero-order chi connectivity index (χ0) is 19.5. The number of hydrogen-bond donors (Lipinski definition) is 3. The van der Waals surface area contributed by atoms with Crippen LogP contribution < -0.4 is 11.2 Å². The first kappa shape index (κ1) is 20.3. The molecule has 0 bridgehead atoms. The van der Waals surface area contributed by atoms with Crippen LogP contribution >= 0.6 is 0 Å². The third kappa shape index (κ3) is 3.57. The number of hydrogen-bond acceptors (Lipinski definition) is 7. The maximum absolute atomic E-state index is 15.5. The molecule has 0 spiro atoms. The average molecular weight is 374 g/mol. The standard InChI is InChI=1S/C16H23FN2O7/c1-3-4-5-6-12(22)26-16(24)10(9-20)25-13(15(16,2)17)19-8-7-11(21)18-14(19)23/h7-8,10,13,20,24H,3-6,9H2,1-2H3,(H,18,21,23)/t10-,13-,15+,16+/m1/s1. The van der Waals surface area contributed by atoms with Gasteiger partial charge in [-0.25, -0.2) is 9.18 Å². The van der Waals surface area contributed by atoms with Gasteiger partial charge in [0, 0.05) is 18.7 Å². The average Bonchev–Trinajstić information content (AvgIpc) is 2.75. The lowest BCUT2D eigenvalue weighted by molar-refractivity contribution is -0.266. The summed E-state index contributed by atoms with van der Waals surface area (Å²) in [6, 6.07) is 0.975. The molecule has 0 aromatic carbocycles. The first-order valence-electron chi connectivity index (χ1n) is 8.38. The van der Waals surface area contributed by atoms with Crippen LogP contribution in [-0.2, 0) is 14.3 Å². The second-order valence-electron chi connectivity index (χ2n) is 6.38. The van der Waals surface area contributed by atoms with Crippen molar-refractivity contribution in [3.8, 4) is 0 Å². The molecule has 0 saturated carbocycles. The fourth-order valence-electron chi connectivity index (χ4n) is 2.88. The minimum atomic E-state index is -2.80. The topological polar surface area (TPSA) is 131 Å². The second kappa shape index (κ2) is 7.68. The molecule has 1 fully saturated rings. The van der Waals surface area contributed by atoms with E-state index in [9.17, 15) is 24.6 Å². The van der Waals surface area contributed by atoms with Gasteiger partial charge in [0.05, 0.1) is 6.61 Å². The number of aromatic amines is 1. The quantitative estimate of drug-likeness (QED) is 0.347. The van der Waals surface area contributed by atoms with Crippen molar-refractivity contribution in [2.75, 3.05) is 6.61 Å². The molecule has 2 heterocycles. The summed E-state index contributed by atoms with van der Waals surface area (Å²) in [6.07, 6.45) is -0.259. The maximum atomic E-state index is 15.5. The molecule has 2 rings (SSSR count). The number of aliphatic hydroxyl groups is 2. The SMILES string of the molecule is CCCCCC(=O)O[C@@]1(O)[C@@H](CO)O[C@@H](n2ccc(=O)[nH]c2=O)[C@]1(C)F. The third-order valence-corrected chi connectivity index (χ3v) is 4.42. The van der Waals surface area contributed by atoms with Crippen molar-refractivity contribution in [2.45, 2.75) is 63.3 Å². The molecule has 3 N–H and O–H groups in total. The van der Waals surface area contributed by atoms with Crippen molar-refractivity contribution in [3.63, 3.8) is 0 Å². The zero-order valence-corrected chi connectivity index (χ0v) is 14.6. The highest BCUT2D eigenvalue weighted by Gasteiger charge is 2.69. The number of H-pyrrole nitrogens is 1. The number of esters is 1. The predicted molar refractivity (Wildman–Crippen MR) is 87.0 cm³/mol. The highest BCUT2D eigenvalue weighted by molar-refractivity contribution is 5.70. The van der Waals surface area contributed by atoms with E-state index >= 15 is 4.39 Å². The number of nitrogens with zero attached hydrogens (tertiary/aromatic N) is 1. The molecular weight excluding hydrogens is 351 g/mol. The van der Waals surface area contributed by atoms with E-state index in [4.69, 9.17) is 9.47 Å². The minimum absolute atomic E-state index is 0.0341. The van der Waals surface area contributed by atoms with E-state index in [0.29, 0.717) is 11.0 Å². The van der Waals surface area contributed by atoms with Gasteiger partial charge in [-0.2, -0.15) is 0 Å². The molecule has 10 heteroatoms. The van der Waals surface area contributed by atoms with Crippen molar-refractivity contribution < 1.29 is 28.9 Å². The summed E-state index contributed by atoms with van der Waals surface area (Å²) >= 11 is 0. The van der Waals surface area contributed by atoms with E-state index < -0.39 is 47.6 Å². The molecular formula is C16H23FN2O7. The van der Waals surface area contributed by atoms with Crippen molar-refractivity contribution >= 4 is 5.97 Å². The molecule has 0 amide bonds. The van der Waals surface area contributed by atoms with Crippen LogP contribution in [0.15, 0.2) is 21.9 Å². The van der Waals surface area contributed by atoms with Crippen LogP contribution in [0.5, 0.6) is 0 Å². The van der Waals surface area contributed by atoms with Crippen LogP contribution in [0.4, 0.5) is 4.39 Å². The molecule has 146 valence electrons. The number of nitrogens with one attached hydrogen (secondary N) is 1. The van der Waals surface area contributed by atoms with Gasteiger partial charge in [-0.1, -0.05) is 19.8 Å². The van der Waals surface area contributed by atoms with Crippen LogP contribution in [0, 0.1) is 0 Å². The van der Waals surface area contributed by atoms with Crippen LogP contribution in [0.25, 0.3) is 0 Å². The summed E-state index contributed by atoms with van der Waals surface area (Å²) in [5, 5.41) is 20.1. The number of aliphatic hydroxyl groups excluding tert-OH is 1. The maximum Gasteiger partial charge on any atom is 0.330 e. The number of aromatic nitrogens is 2. The minimum Gasteiger partial charge on any atom is -0.426 e. The Balaban J connectivity index is 2.32. The highest BCUT2D eigenvalue weighted by atomic mass is 19.1. The number of halogens is 1. The second-order valence-corrected chi connectivity index (χ2v) is 6.38.